The molecule has 0 bridgehead atoms. The number of carbonyl (C=O) groups excluding carboxylic acids is 1. The summed E-state index contributed by atoms with van der Waals surface area (Å²) in [6, 6.07) is 4.00. The lowest BCUT2D eigenvalue weighted by atomic mass is 10.5. The first-order chi connectivity index (χ1) is 13.4. The number of rotatable bonds is 0. The summed E-state index contributed by atoms with van der Waals surface area (Å²) in [6.45, 7) is 9.19. The fourth-order valence-electron chi connectivity index (χ4n) is 0.712. The fourth-order valence-corrected chi connectivity index (χ4v) is 0.712. The molecule has 0 saturated carbocycles. The van der Waals surface area contributed by atoms with Gasteiger partial charge in [0.15, 0.2) is 5.90 Å². The minimum atomic E-state index is 0. The van der Waals surface area contributed by atoms with Crippen LogP contribution in [0.3, 0.4) is 0 Å². The van der Waals surface area contributed by atoms with E-state index >= 15 is 0 Å². The van der Waals surface area contributed by atoms with Crippen LogP contribution in [0.4, 0.5) is 0 Å². The van der Waals surface area contributed by atoms with Crippen molar-refractivity contribution in [2.24, 2.45) is 22.0 Å². The smallest absolute Gasteiger partial charge is 0.216 e. The summed E-state index contributed by atoms with van der Waals surface area (Å²) in [6.07, 6.45) is 4.00. The highest BCUT2D eigenvalue weighted by Gasteiger charge is 1.85. The summed E-state index contributed by atoms with van der Waals surface area (Å²) in [5, 5.41) is 2.39. The van der Waals surface area contributed by atoms with Crippen molar-refractivity contribution in [2.75, 3.05) is 49.4 Å². The maximum atomic E-state index is 9.70. The number of nitrogens with zero attached hydrogens (tertiary/aromatic N) is 5. The SMILES string of the molecule is C.CN=C(C)C.CN=C(C)N(C)C.CN=C(C)OC.CNC(C)=O.Cn1cccc1. The zero-order valence-electron chi connectivity index (χ0n) is 20.9. The molecule has 0 aromatic carbocycles. The topological polar surface area (TPSA) is 83.6 Å². The van der Waals surface area contributed by atoms with E-state index < -0.39 is 0 Å². The van der Waals surface area contributed by atoms with Gasteiger partial charge in [0.25, 0.3) is 0 Å². The van der Waals surface area contributed by atoms with E-state index in [0.717, 1.165) is 17.4 Å². The van der Waals surface area contributed by atoms with Gasteiger partial charge in [0, 0.05) is 81.3 Å². The van der Waals surface area contributed by atoms with Gasteiger partial charge in [0.1, 0.15) is 0 Å². The number of hydrogen-bond acceptors (Lipinski definition) is 5. The Morgan fingerprint density at radius 2 is 1.30 bits per heavy atom. The molecular weight excluding hydrogens is 380 g/mol. The predicted molar refractivity (Wildman–Crippen MR) is 135 cm³/mol. The molecule has 8 heteroatoms. The summed E-state index contributed by atoms with van der Waals surface area (Å²) in [4.78, 5) is 23.1. The van der Waals surface area contributed by atoms with Crippen LogP contribution < -0.4 is 5.32 Å². The quantitative estimate of drug-likeness (QED) is 0.504. The monoisotopic (exact) mass is 428 g/mol. The van der Waals surface area contributed by atoms with Crippen molar-refractivity contribution in [3.05, 3.63) is 24.5 Å². The number of amides is 1. The van der Waals surface area contributed by atoms with Gasteiger partial charge in [0.2, 0.25) is 5.91 Å². The van der Waals surface area contributed by atoms with Gasteiger partial charge in [-0.3, -0.25) is 19.8 Å². The first-order valence-electron chi connectivity index (χ1n) is 9.16. The van der Waals surface area contributed by atoms with Crippen LogP contribution >= 0.6 is 0 Å². The first-order valence-corrected chi connectivity index (χ1v) is 9.16. The van der Waals surface area contributed by atoms with Gasteiger partial charge in [-0.25, -0.2) is 0 Å². The molecule has 1 rings (SSSR count). The second kappa shape index (κ2) is 28.6. The molecule has 0 atom stereocenters. The largest absolute Gasteiger partial charge is 0.485 e. The van der Waals surface area contributed by atoms with Crippen LogP contribution in [0.1, 0.15) is 42.0 Å². The predicted octanol–water partition coefficient (Wildman–Crippen LogP) is 3.79. The van der Waals surface area contributed by atoms with Crippen molar-refractivity contribution in [3.8, 4) is 0 Å². The Morgan fingerprint density at radius 1 is 0.933 bits per heavy atom. The van der Waals surface area contributed by atoms with Crippen LogP contribution in [0.15, 0.2) is 39.5 Å². The van der Waals surface area contributed by atoms with Crippen molar-refractivity contribution in [2.45, 2.75) is 42.0 Å². The van der Waals surface area contributed by atoms with Crippen LogP contribution in [0.25, 0.3) is 0 Å². The van der Waals surface area contributed by atoms with Crippen molar-refractivity contribution in [1.82, 2.24) is 14.8 Å². The molecule has 1 heterocycles. The number of methoxy groups -OCH3 is 1. The molecule has 1 aromatic rings. The van der Waals surface area contributed by atoms with E-state index in [2.05, 4.69) is 25.0 Å². The number of amidine groups is 1. The molecule has 0 saturated heterocycles. The second-order valence-corrected chi connectivity index (χ2v) is 5.94. The number of aromatic nitrogens is 1. The molecule has 1 amide bonds. The van der Waals surface area contributed by atoms with Crippen LogP contribution in [-0.4, -0.2) is 82.2 Å². The van der Waals surface area contributed by atoms with Crippen molar-refractivity contribution < 1.29 is 9.53 Å². The summed E-state index contributed by atoms with van der Waals surface area (Å²) >= 11 is 0. The number of aliphatic imine (C=N–C) groups is 3. The van der Waals surface area contributed by atoms with E-state index in [0.29, 0.717) is 0 Å². The Morgan fingerprint density at radius 3 is 1.33 bits per heavy atom. The zero-order chi connectivity index (χ0) is 23.8. The third kappa shape index (κ3) is 44.6. The lowest BCUT2D eigenvalue weighted by Crippen LogP contribution is -2.17. The third-order valence-corrected chi connectivity index (χ3v) is 3.13. The van der Waals surface area contributed by atoms with Gasteiger partial charge >= 0.3 is 0 Å². The molecule has 0 radical (unpaired) electrons. The van der Waals surface area contributed by atoms with Gasteiger partial charge in [-0.1, -0.05) is 7.43 Å². The van der Waals surface area contributed by atoms with E-state index in [4.69, 9.17) is 0 Å². The van der Waals surface area contributed by atoms with E-state index in [9.17, 15) is 4.79 Å². The molecule has 0 aliphatic heterocycles. The van der Waals surface area contributed by atoms with Gasteiger partial charge < -0.3 is 19.5 Å². The van der Waals surface area contributed by atoms with Gasteiger partial charge in [0.05, 0.1) is 12.9 Å². The lowest BCUT2D eigenvalue weighted by molar-refractivity contribution is -0.118. The Kier molecular flexibility index (Phi) is 36.2. The maximum absolute atomic E-state index is 9.70. The molecule has 0 aliphatic carbocycles. The number of hydrogen-bond donors (Lipinski definition) is 1. The van der Waals surface area contributed by atoms with E-state index in [1.165, 1.54) is 6.92 Å². The number of carbonyl (C=O) groups is 1. The van der Waals surface area contributed by atoms with Crippen molar-refractivity contribution in [1.29, 1.82) is 0 Å². The Bertz CT molecular complexity index is 558. The second-order valence-electron chi connectivity index (χ2n) is 5.94. The van der Waals surface area contributed by atoms with Gasteiger partial charge in [-0.15, -0.1) is 0 Å². The van der Waals surface area contributed by atoms with Crippen molar-refractivity contribution in [3.63, 3.8) is 0 Å². The summed E-state index contributed by atoms with van der Waals surface area (Å²) < 4.78 is 6.65. The van der Waals surface area contributed by atoms with Gasteiger partial charge in [-0.05, 0) is 32.9 Å². The minimum Gasteiger partial charge on any atom is -0.485 e. The van der Waals surface area contributed by atoms with Crippen LogP contribution in [0.5, 0.6) is 0 Å². The Labute approximate surface area is 186 Å². The third-order valence-electron chi connectivity index (χ3n) is 3.13. The summed E-state index contributed by atoms with van der Waals surface area (Å²) in [7, 11) is 14.4. The van der Waals surface area contributed by atoms with Crippen molar-refractivity contribution >= 4 is 23.4 Å². The standard InChI is InChI=1S/C5H12N2.C5H7N.C4H9NO.C4H9N.C3H7NO.CH4/c1-5(6-2)7(3)4;1-6-4-2-3-5-6;1-4(5-2)6-3;1-4(2)5-3;1-3(5)4-2;/h1-4H3;2-5H,1H3;1-3H3;1-3H3;1-2H3,(H,4,5);1H4. The average molecular weight is 429 g/mol. The molecule has 1 N–H and O–H groups in total. The van der Waals surface area contributed by atoms with Crippen LogP contribution in [-0.2, 0) is 16.6 Å². The van der Waals surface area contributed by atoms with E-state index in [1.807, 2.05) is 75.9 Å². The van der Waals surface area contributed by atoms with Gasteiger partial charge in [-0.2, -0.15) is 0 Å². The molecule has 0 aliphatic rings. The summed E-state index contributed by atoms with van der Waals surface area (Å²) in [5.41, 5.74) is 1.13. The lowest BCUT2D eigenvalue weighted by Gasteiger charge is -2.08. The van der Waals surface area contributed by atoms with Crippen LogP contribution in [0.2, 0.25) is 0 Å². The Balaban J connectivity index is -0.0000000866. The molecule has 0 spiro atoms. The Hall–Kier alpha value is -2.64. The molecule has 1 aromatic heterocycles. The molecule has 178 valence electrons. The van der Waals surface area contributed by atoms with E-state index in [-0.39, 0.29) is 13.3 Å². The molecular formula is C22H48N6O2. The van der Waals surface area contributed by atoms with Crippen LogP contribution in [0, 0.1) is 0 Å². The highest BCUT2D eigenvalue weighted by molar-refractivity contribution is 5.79. The summed E-state index contributed by atoms with van der Waals surface area (Å²) in [5.74, 6) is 1.78. The highest BCUT2D eigenvalue weighted by Crippen LogP contribution is 1.80. The number of ether oxygens (including phenoxy) is 1. The number of nitrogens with one attached hydrogen (secondary N) is 1. The minimum absolute atomic E-state index is 0. The number of aryl methyl sites for hydroxylation is 1. The molecule has 8 nitrogen and oxygen atoms in total. The molecule has 0 unspecified atom stereocenters. The average Bonchev–Trinajstić information content (AvgIpc) is 3.19. The molecule has 30 heavy (non-hydrogen) atoms. The maximum Gasteiger partial charge on any atom is 0.216 e. The molecule has 0 fully saturated rings. The van der Waals surface area contributed by atoms with E-state index in [1.54, 1.807) is 42.2 Å². The highest BCUT2D eigenvalue weighted by atomic mass is 16.5. The normalized spacial score (nSPS) is 9.10. The first kappa shape index (κ1) is 38.0. The fraction of sp³-hybridized carbons (Fsp3) is 0.636. The zero-order valence-corrected chi connectivity index (χ0v) is 20.9.